The molecular weight excluding hydrogens is 374 g/mol. The zero-order valence-corrected chi connectivity index (χ0v) is 16.1. The fraction of sp³-hybridized carbons (Fsp3) is 0.471. The van der Waals surface area contributed by atoms with Crippen molar-refractivity contribution in [3.8, 4) is 0 Å². The van der Waals surface area contributed by atoms with Crippen molar-refractivity contribution in [1.29, 1.82) is 0 Å². The smallest absolute Gasteiger partial charge is 0.410 e. The van der Waals surface area contributed by atoms with E-state index in [0.29, 0.717) is 5.56 Å². The number of fused-ring (bicyclic) bond motifs is 1. The van der Waals surface area contributed by atoms with E-state index in [-0.39, 0.29) is 30.4 Å². The number of carboxylic acid groups (broad SMARTS) is 1. The summed E-state index contributed by atoms with van der Waals surface area (Å²) in [5.41, 5.74) is -0.329. The Kier molecular flexibility index (Phi) is 4.62. The maximum Gasteiger partial charge on any atom is 0.410 e. The Morgan fingerprint density at radius 1 is 1.22 bits per heavy atom. The molecule has 2 aliphatic rings. The summed E-state index contributed by atoms with van der Waals surface area (Å²) in [6.07, 6.45) is -0.602. The van der Waals surface area contributed by atoms with Crippen LogP contribution in [0.1, 0.15) is 26.3 Å². The molecule has 27 heavy (non-hydrogen) atoms. The lowest BCUT2D eigenvalue weighted by Crippen LogP contribution is -2.59. The van der Waals surface area contributed by atoms with Crippen LogP contribution in [0.3, 0.4) is 0 Å². The van der Waals surface area contributed by atoms with Gasteiger partial charge in [0, 0.05) is 18.7 Å². The van der Waals surface area contributed by atoms with E-state index in [1.807, 2.05) is 0 Å². The molecule has 0 bridgehead atoms. The molecule has 1 aromatic carbocycles. The molecule has 0 radical (unpaired) electrons. The van der Waals surface area contributed by atoms with E-state index in [2.05, 4.69) is 4.40 Å². The Balaban J connectivity index is 1.88. The van der Waals surface area contributed by atoms with E-state index >= 15 is 0 Å². The van der Waals surface area contributed by atoms with E-state index in [4.69, 9.17) is 4.74 Å². The van der Waals surface area contributed by atoms with Crippen LogP contribution in [-0.2, 0) is 19.6 Å². The highest BCUT2D eigenvalue weighted by Crippen LogP contribution is 2.29. The Hall–Kier alpha value is -2.62. The highest BCUT2D eigenvalue weighted by Gasteiger charge is 2.41. The molecule has 9 nitrogen and oxygen atoms in total. The Morgan fingerprint density at radius 2 is 1.89 bits per heavy atom. The number of hydrogen-bond acceptors (Lipinski definition) is 6. The van der Waals surface area contributed by atoms with Gasteiger partial charge in [-0.05, 0) is 32.9 Å². The molecule has 2 aliphatic heterocycles. The van der Waals surface area contributed by atoms with Gasteiger partial charge in [0.2, 0.25) is 0 Å². The summed E-state index contributed by atoms with van der Waals surface area (Å²) in [5, 5.41) is 9.65. The Morgan fingerprint density at radius 3 is 2.52 bits per heavy atom. The molecule has 1 N–H and O–H groups in total. The van der Waals surface area contributed by atoms with E-state index in [1.54, 1.807) is 39.0 Å². The van der Waals surface area contributed by atoms with Crippen LogP contribution in [0, 0.1) is 0 Å². The van der Waals surface area contributed by atoms with Crippen molar-refractivity contribution in [2.24, 2.45) is 4.40 Å². The molecule has 0 unspecified atom stereocenters. The third-order valence-corrected chi connectivity index (χ3v) is 5.53. The van der Waals surface area contributed by atoms with Gasteiger partial charge in [-0.15, -0.1) is 4.40 Å². The van der Waals surface area contributed by atoms with Gasteiger partial charge in [0.1, 0.15) is 16.5 Å². The lowest BCUT2D eigenvalue weighted by molar-refractivity contribution is -0.143. The number of amides is 1. The number of benzene rings is 1. The van der Waals surface area contributed by atoms with Crippen LogP contribution >= 0.6 is 0 Å². The number of sulfonamides is 1. The molecule has 1 fully saturated rings. The van der Waals surface area contributed by atoms with Crippen LogP contribution in [0.4, 0.5) is 4.79 Å². The molecule has 0 aliphatic carbocycles. The monoisotopic (exact) mass is 395 g/mol. The normalized spacial score (nSPS) is 21.4. The maximum atomic E-state index is 12.3. The SMILES string of the molecule is CC(C)(C)OC(=O)N1CCN(C2=NS(=O)(=O)c3ccccc32)[C@@H](C(=O)O)C1. The van der Waals surface area contributed by atoms with Gasteiger partial charge in [0.25, 0.3) is 10.0 Å². The van der Waals surface area contributed by atoms with Crippen LogP contribution < -0.4 is 0 Å². The third-order valence-electron chi connectivity index (χ3n) is 4.20. The number of amidine groups is 1. The molecule has 0 saturated carbocycles. The maximum absolute atomic E-state index is 12.3. The highest BCUT2D eigenvalue weighted by molar-refractivity contribution is 7.90. The number of hydrogen-bond donors (Lipinski definition) is 1. The first-order valence-electron chi connectivity index (χ1n) is 8.41. The third kappa shape index (κ3) is 3.75. The number of aliphatic carboxylic acids is 1. The number of ether oxygens (including phenoxy) is 1. The first kappa shape index (κ1) is 19.2. The van der Waals surface area contributed by atoms with Gasteiger partial charge >= 0.3 is 12.1 Å². The van der Waals surface area contributed by atoms with Gasteiger partial charge in [-0.3, -0.25) is 0 Å². The van der Waals surface area contributed by atoms with E-state index in [1.165, 1.54) is 15.9 Å². The first-order chi connectivity index (χ1) is 12.5. The number of piperazine rings is 1. The second kappa shape index (κ2) is 6.52. The van der Waals surface area contributed by atoms with E-state index < -0.39 is 33.7 Å². The van der Waals surface area contributed by atoms with E-state index in [0.717, 1.165) is 0 Å². The molecule has 1 atom stereocenters. The summed E-state index contributed by atoms with van der Waals surface area (Å²) >= 11 is 0. The summed E-state index contributed by atoms with van der Waals surface area (Å²) in [7, 11) is -3.86. The molecule has 3 rings (SSSR count). The zero-order valence-electron chi connectivity index (χ0n) is 15.2. The molecule has 2 heterocycles. The summed E-state index contributed by atoms with van der Waals surface area (Å²) in [6, 6.07) is 5.16. The molecule has 0 spiro atoms. The van der Waals surface area contributed by atoms with Crippen LogP contribution in [0.5, 0.6) is 0 Å². The molecular formula is C17H21N3O6S. The van der Waals surface area contributed by atoms with Gasteiger partial charge in [0.05, 0.1) is 6.54 Å². The van der Waals surface area contributed by atoms with Gasteiger partial charge in [-0.1, -0.05) is 12.1 Å². The highest BCUT2D eigenvalue weighted by atomic mass is 32.2. The molecule has 1 aromatic rings. The first-order valence-corrected chi connectivity index (χ1v) is 9.85. The summed E-state index contributed by atoms with van der Waals surface area (Å²) in [4.78, 5) is 26.9. The van der Waals surface area contributed by atoms with Crippen molar-refractivity contribution in [3.05, 3.63) is 29.8 Å². The van der Waals surface area contributed by atoms with Crippen molar-refractivity contribution in [2.45, 2.75) is 37.3 Å². The number of carbonyl (C=O) groups is 2. The van der Waals surface area contributed by atoms with Gasteiger partial charge < -0.3 is 19.6 Å². The predicted molar refractivity (Wildman–Crippen MR) is 96.1 cm³/mol. The lowest BCUT2D eigenvalue weighted by atomic mass is 10.1. The fourth-order valence-electron chi connectivity index (χ4n) is 3.04. The average molecular weight is 395 g/mol. The van der Waals surface area contributed by atoms with Crippen molar-refractivity contribution in [2.75, 3.05) is 19.6 Å². The minimum absolute atomic E-state index is 0.0544. The lowest BCUT2D eigenvalue weighted by Gasteiger charge is -2.40. The second-order valence-electron chi connectivity index (χ2n) is 7.36. The number of carboxylic acids is 1. The van der Waals surface area contributed by atoms with Crippen molar-refractivity contribution >= 4 is 27.9 Å². The molecule has 1 amide bonds. The van der Waals surface area contributed by atoms with Gasteiger partial charge in [-0.2, -0.15) is 8.42 Å². The molecule has 0 aromatic heterocycles. The average Bonchev–Trinajstić information content (AvgIpc) is 2.84. The van der Waals surface area contributed by atoms with E-state index in [9.17, 15) is 23.1 Å². The van der Waals surface area contributed by atoms with Crippen molar-refractivity contribution < 1.29 is 27.9 Å². The standard InChI is InChI=1S/C17H21N3O6S/c1-17(2,3)26-16(23)19-8-9-20(12(10-19)15(21)22)14-11-6-4-5-7-13(11)27(24,25)18-14/h4-7,12H,8-10H2,1-3H3,(H,21,22)/t12-/m1/s1. The van der Waals surface area contributed by atoms with Crippen molar-refractivity contribution in [3.63, 3.8) is 0 Å². The molecule has 146 valence electrons. The molecule has 10 heteroatoms. The van der Waals surface area contributed by atoms with Crippen LogP contribution in [0.2, 0.25) is 0 Å². The summed E-state index contributed by atoms with van der Waals surface area (Å²) < 4.78 is 33.6. The van der Waals surface area contributed by atoms with Gasteiger partial charge in [0.15, 0.2) is 5.84 Å². The topological polar surface area (TPSA) is 117 Å². The Labute approximate surface area is 157 Å². The zero-order chi connectivity index (χ0) is 20.0. The predicted octanol–water partition coefficient (Wildman–Crippen LogP) is 1.14. The Bertz CT molecular complexity index is 919. The quantitative estimate of drug-likeness (QED) is 0.758. The largest absolute Gasteiger partial charge is 0.480 e. The van der Waals surface area contributed by atoms with Crippen LogP contribution in [-0.4, -0.2) is 72.5 Å². The van der Waals surface area contributed by atoms with Crippen molar-refractivity contribution in [1.82, 2.24) is 9.80 Å². The second-order valence-corrected chi connectivity index (χ2v) is 8.93. The number of nitrogens with zero attached hydrogens (tertiary/aromatic N) is 3. The minimum atomic E-state index is -3.86. The molecule has 1 saturated heterocycles. The summed E-state index contributed by atoms with van der Waals surface area (Å²) in [6.45, 7) is 5.37. The summed E-state index contributed by atoms with van der Waals surface area (Å²) in [5.74, 6) is -1.07. The minimum Gasteiger partial charge on any atom is -0.480 e. The van der Waals surface area contributed by atoms with Gasteiger partial charge in [-0.25, -0.2) is 9.59 Å². The van der Waals surface area contributed by atoms with Crippen LogP contribution in [0.25, 0.3) is 0 Å². The number of rotatable bonds is 1. The number of carbonyl (C=O) groups excluding carboxylic acids is 1. The fourth-order valence-corrected chi connectivity index (χ4v) is 4.25. The van der Waals surface area contributed by atoms with Crippen LogP contribution in [0.15, 0.2) is 33.6 Å².